The van der Waals surface area contributed by atoms with Gasteiger partial charge in [-0.15, -0.1) is 0 Å². The fourth-order valence-electron chi connectivity index (χ4n) is 5.77. The summed E-state index contributed by atoms with van der Waals surface area (Å²) in [4.78, 5) is 36.8. The van der Waals surface area contributed by atoms with Crippen molar-refractivity contribution in [3.63, 3.8) is 0 Å². The van der Waals surface area contributed by atoms with Crippen molar-refractivity contribution in [1.29, 1.82) is 0 Å². The topological polar surface area (TPSA) is 132 Å². The third-order valence-corrected chi connectivity index (χ3v) is 8.07. The van der Waals surface area contributed by atoms with Gasteiger partial charge in [0.2, 0.25) is 11.8 Å². The maximum Gasteiger partial charge on any atom is 1.00 e. The van der Waals surface area contributed by atoms with Crippen LogP contribution in [0.5, 0.6) is 23.0 Å². The van der Waals surface area contributed by atoms with Crippen LogP contribution in [0.1, 0.15) is 78.0 Å². The van der Waals surface area contributed by atoms with E-state index in [0.29, 0.717) is 60.5 Å². The van der Waals surface area contributed by atoms with Crippen molar-refractivity contribution in [2.75, 3.05) is 28.4 Å². The van der Waals surface area contributed by atoms with E-state index in [1.165, 1.54) is 0 Å². The van der Waals surface area contributed by atoms with Gasteiger partial charge in [-0.05, 0) is 66.5 Å². The minimum atomic E-state index is -0.616. The molecule has 2 heterocycles. The van der Waals surface area contributed by atoms with Crippen molar-refractivity contribution in [2.24, 2.45) is 23.7 Å². The van der Waals surface area contributed by atoms with Crippen molar-refractivity contribution in [2.45, 2.75) is 71.6 Å². The Hall–Kier alpha value is -2.73. The molecule has 2 aliphatic heterocycles. The smallest absolute Gasteiger partial charge is 1.00 e. The Bertz CT molecular complexity index is 1300. The van der Waals surface area contributed by atoms with Crippen molar-refractivity contribution in [1.82, 2.24) is 10.6 Å². The van der Waals surface area contributed by atoms with Crippen molar-refractivity contribution in [3.8, 4) is 23.0 Å². The third-order valence-electron chi connectivity index (χ3n) is 8.07. The van der Waals surface area contributed by atoms with Crippen LogP contribution in [-0.2, 0) is 14.4 Å². The monoisotopic (exact) mass is 647 g/mol. The number of carbonyl (C=O) groups excluding carboxylic acids is 3. The van der Waals surface area contributed by atoms with E-state index in [-0.39, 0.29) is 75.0 Å². The number of ether oxygens (including phenoxy) is 4. The Morgan fingerprint density at radius 2 is 1.20 bits per heavy atom. The number of rotatable bonds is 10. The Morgan fingerprint density at radius 1 is 0.739 bits per heavy atom. The van der Waals surface area contributed by atoms with Gasteiger partial charge in [0.05, 0.1) is 58.5 Å². The second kappa shape index (κ2) is 19.2. The van der Waals surface area contributed by atoms with Crippen molar-refractivity contribution < 1.29 is 69.4 Å². The molecule has 2 aromatic rings. The fourth-order valence-corrected chi connectivity index (χ4v) is 5.77. The average molecular weight is 648 g/mol. The van der Waals surface area contributed by atoms with Crippen LogP contribution in [0.25, 0.3) is 0 Å². The molecule has 0 spiro atoms. The summed E-state index contributed by atoms with van der Waals surface area (Å²) in [5.41, 5.74) is 1.76. The van der Waals surface area contributed by atoms with Gasteiger partial charge in [0.25, 0.3) is 0 Å². The van der Waals surface area contributed by atoms with Gasteiger partial charge in [-0.1, -0.05) is 39.8 Å². The first-order valence-corrected chi connectivity index (χ1v) is 15.2. The zero-order valence-electron chi connectivity index (χ0n) is 29.7. The summed E-state index contributed by atoms with van der Waals surface area (Å²) in [6, 6.07) is 10.5. The van der Waals surface area contributed by atoms with Gasteiger partial charge in [-0.2, -0.15) is 0 Å². The molecule has 2 aliphatic rings. The van der Waals surface area contributed by atoms with E-state index in [1.54, 1.807) is 40.6 Å². The number of hydrogen-bond acceptors (Lipinski definition) is 8. The Kier molecular flexibility index (Phi) is 17.2. The quantitative estimate of drug-likeness (QED) is 0.262. The minimum absolute atomic E-state index is 0. The molecule has 2 amide bonds. The van der Waals surface area contributed by atoms with Crippen molar-refractivity contribution >= 4 is 26.0 Å². The van der Waals surface area contributed by atoms with Gasteiger partial charge < -0.3 is 36.1 Å². The number of aliphatic hydroxyl groups is 1. The number of nitrogens with one attached hydrogen (secondary N) is 2. The Labute approximate surface area is 299 Å². The van der Waals surface area contributed by atoms with E-state index in [0.717, 1.165) is 11.1 Å². The summed E-state index contributed by atoms with van der Waals surface area (Å²) in [5.74, 6) is 2.09. The SMILES string of the molecule is COc1ccc(C2CC(=O)C(CC(C)C)C(=O)N2)cc1OC.COc1ccc(C2CC(O)C(CC(C)C)C(=O)N2)cc1OC.[B].[H-].[Na+]. The molecule has 0 bridgehead atoms. The number of piperidine rings is 2. The van der Waals surface area contributed by atoms with Crippen LogP contribution in [0.3, 0.4) is 0 Å². The number of hydrogen-bond donors (Lipinski definition) is 3. The molecule has 5 atom stereocenters. The van der Waals surface area contributed by atoms with Gasteiger partial charge in [-0.25, -0.2) is 0 Å². The standard InChI is InChI=1S/C17H25NO4.C17H23NO4.B.Na.H/c2*1-10(2)7-12-14(19)9-13(18-17(12)20)11-5-6-15(21-3)16(8-11)22-4;;;/h5-6,8,10,12-14,19H,7,9H2,1-4H3,(H,18,20);5-6,8,10,12-13H,7,9H2,1-4H3,(H,18,20);;;/q;;;+1;-1. The summed E-state index contributed by atoms with van der Waals surface area (Å²) < 4.78 is 21.0. The molecule has 3 N–H and O–H groups in total. The van der Waals surface area contributed by atoms with Gasteiger partial charge in [-0.3, -0.25) is 14.4 Å². The molecule has 3 radical (unpaired) electrons. The van der Waals surface area contributed by atoms with Crippen LogP contribution in [0.4, 0.5) is 0 Å². The number of methoxy groups -OCH3 is 4. The number of benzene rings is 2. The molecule has 0 aromatic heterocycles. The van der Waals surface area contributed by atoms with Crippen LogP contribution < -0.4 is 59.1 Å². The van der Waals surface area contributed by atoms with E-state index < -0.39 is 12.0 Å². The third kappa shape index (κ3) is 10.7. The summed E-state index contributed by atoms with van der Waals surface area (Å²) in [6.45, 7) is 8.14. The molecule has 12 heteroatoms. The number of ketones is 1. The molecule has 4 rings (SSSR count). The van der Waals surface area contributed by atoms with Crippen LogP contribution in [0, 0.1) is 23.7 Å². The second-order valence-electron chi connectivity index (χ2n) is 12.2. The maximum atomic E-state index is 12.3. The van der Waals surface area contributed by atoms with Gasteiger partial charge in [0, 0.05) is 14.8 Å². The summed E-state index contributed by atoms with van der Waals surface area (Å²) in [6.07, 6.45) is 1.51. The minimum Gasteiger partial charge on any atom is -1.00 e. The van der Waals surface area contributed by atoms with Gasteiger partial charge in [0.15, 0.2) is 23.0 Å². The molecule has 2 saturated heterocycles. The van der Waals surface area contributed by atoms with Crippen LogP contribution >= 0.6 is 0 Å². The Morgan fingerprint density at radius 3 is 1.61 bits per heavy atom. The fraction of sp³-hybridized carbons (Fsp3) is 0.559. The maximum absolute atomic E-state index is 12.3. The molecule has 0 saturated carbocycles. The van der Waals surface area contributed by atoms with E-state index in [9.17, 15) is 19.5 Å². The van der Waals surface area contributed by atoms with E-state index in [1.807, 2.05) is 38.1 Å². The average Bonchev–Trinajstić information content (AvgIpc) is 2.99. The van der Waals surface area contributed by atoms with Crippen LogP contribution in [-0.4, -0.2) is 65.7 Å². The largest absolute Gasteiger partial charge is 1.00 e. The number of carbonyl (C=O) groups is 3. The zero-order chi connectivity index (χ0) is 32.6. The number of amides is 2. The summed E-state index contributed by atoms with van der Waals surface area (Å²) in [7, 11) is 6.29. The number of Topliss-reactive ketones (excluding diaryl/α,β-unsaturated/α-hetero) is 1. The molecule has 0 aliphatic carbocycles. The second-order valence-corrected chi connectivity index (χ2v) is 12.2. The normalized spacial score (nSPS) is 22.3. The Balaban J connectivity index is 0.000000846. The summed E-state index contributed by atoms with van der Waals surface area (Å²) in [5, 5.41) is 16.3. The predicted octanol–water partition coefficient (Wildman–Crippen LogP) is 1.52. The van der Waals surface area contributed by atoms with Crippen molar-refractivity contribution in [3.05, 3.63) is 47.5 Å². The van der Waals surface area contributed by atoms with Gasteiger partial charge >= 0.3 is 29.6 Å². The molecule has 2 fully saturated rings. The van der Waals surface area contributed by atoms with E-state index in [4.69, 9.17) is 18.9 Å². The van der Waals surface area contributed by atoms with Gasteiger partial charge in [0.1, 0.15) is 5.78 Å². The first kappa shape index (κ1) is 41.3. The predicted molar refractivity (Wildman–Crippen MR) is 174 cm³/mol. The molecule has 247 valence electrons. The van der Waals surface area contributed by atoms with E-state index >= 15 is 0 Å². The zero-order valence-corrected chi connectivity index (χ0v) is 30.7. The number of aliphatic hydroxyl groups excluding tert-OH is 1. The van der Waals surface area contributed by atoms with Crippen LogP contribution in [0.2, 0.25) is 0 Å². The summed E-state index contributed by atoms with van der Waals surface area (Å²) >= 11 is 0. The molecule has 2 aromatic carbocycles. The molecule has 5 unspecified atom stereocenters. The molecular formula is C34H49BN2NaO8. The molecule has 46 heavy (non-hydrogen) atoms. The first-order chi connectivity index (χ1) is 20.9. The van der Waals surface area contributed by atoms with E-state index in [2.05, 4.69) is 24.5 Å². The first-order valence-electron chi connectivity index (χ1n) is 15.2. The molecular weight excluding hydrogens is 598 g/mol. The van der Waals surface area contributed by atoms with Crippen LogP contribution in [0.15, 0.2) is 36.4 Å². The molecule has 10 nitrogen and oxygen atoms in total.